The molecule has 41 heavy (non-hydrogen) atoms. The zero-order valence-corrected chi connectivity index (χ0v) is 24.1. The third-order valence-corrected chi connectivity index (χ3v) is 9.33. The number of rotatable bonds is 11. The van der Waals surface area contributed by atoms with Gasteiger partial charge in [-0.15, -0.1) is 11.8 Å². The number of carbonyl (C=O) groups excluding carboxylic acids is 2. The summed E-state index contributed by atoms with van der Waals surface area (Å²) in [6.07, 6.45) is 3.66. The molecule has 0 aliphatic carbocycles. The summed E-state index contributed by atoms with van der Waals surface area (Å²) in [6, 6.07) is 31.6. The normalized spacial score (nSPS) is 19.2. The third-order valence-electron chi connectivity index (χ3n) is 7.59. The molecule has 0 radical (unpaired) electrons. The minimum absolute atomic E-state index is 0.0612. The van der Waals surface area contributed by atoms with Crippen LogP contribution in [0.25, 0.3) is 0 Å². The average Bonchev–Trinajstić information content (AvgIpc) is 3.69. The number of amides is 2. The Morgan fingerprint density at radius 1 is 0.902 bits per heavy atom. The van der Waals surface area contributed by atoms with Gasteiger partial charge in [0, 0.05) is 24.9 Å². The monoisotopic (exact) mass is 570 g/mol. The van der Waals surface area contributed by atoms with Gasteiger partial charge in [-0.1, -0.05) is 104 Å². The standard InChI is InChI=1S/C33H38N4O3S/c1-2-22-40-32(39)37-25-29(23-30(37)34-24-31(38)35-36-20-12-13-21-36)41-33(26-14-6-3-7-15-26,27-16-8-4-9-17-27)28-18-10-5-11-19-28/h2-11,14-19,29-30,34H,1,12-13,20-25H2,(H,35,38). The molecule has 2 saturated heterocycles. The maximum Gasteiger partial charge on any atom is 0.411 e. The number of carbonyl (C=O) groups is 2. The quantitative estimate of drug-likeness (QED) is 0.245. The summed E-state index contributed by atoms with van der Waals surface area (Å²) < 4.78 is 4.96. The van der Waals surface area contributed by atoms with Gasteiger partial charge in [-0.25, -0.2) is 9.80 Å². The maximum absolute atomic E-state index is 13.2. The molecule has 8 heteroatoms. The summed E-state index contributed by atoms with van der Waals surface area (Å²) in [5.74, 6) is -0.102. The van der Waals surface area contributed by atoms with Crippen molar-refractivity contribution in [1.29, 1.82) is 0 Å². The summed E-state index contributed by atoms with van der Waals surface area (Å²) in [4.78, 5) is 27.6. The fraction of sp³-hybridized carbons (Fsp3) is 0.333. The fourth-order valence-corrected chi connectivity index (χ4v) is 7.55. The number of hydrogen-bond acceptors (Lipinski definition) is 6. The van der Waals surface area contributed by atoms with E-state index in [1.54, 1.807) is 11.0 Å². The van der Waals surface area contributed by atoms with Crippen LogP contribution < -0.4 is 10.7 Å². The molecule has 2 aliphatic rings. The lowest BCUT2D eigenvalue weighted by atomic mass is 9.84. The molecule has 0 aromatic heterocycles. The molecule has 214 valence electrons. The lowest BCUT2D eigenvalue weighted by Gasteiger charge is -2.37. The van der Waals surface area contributed by atoms with E-state index in [0.717, 1.165) is 25.9 Å². The van der Waals surface area contributed by atoms with E-state index in [4.69, 9.17) is 4.74 Å². The van der Waals surface area contributed by atoms with Gasteiger partial charge in [0.25, 0.3) is 0 Å². The summed E-state index contributed by atoms with van der Waals surface area (Å²) in [5.41, 5.74) is 6.49. The largest absolute Gasteiger partial charge is 0.445 e. The number of likely N-dealkylation sites (tertiary alicyclic amines) is 1. The van der Waals surface area contributed by atoms with Crippen molar-refractivity contribution < 1.29 is 14.3 Å². The molecule has 0 saturated carbocycles. The molecule has 2 heterocycles. The Labute approximate surface area is 246 Å². The first kappa shape index (κ1) is 28.9. The number of nitrogens with one attached hydrogen (secondary N) is 2. The Morgan fingerprint density at radius 2 is 1.44 bits per heavy atom. The van der Waals surface area contributed by atoms with E-state index in [1.165, 1.54) is 16.7 Å². The van der Waals surface area contributed by atoms with Gasteiger partial charge < -0.3 is 4.74 Å². The number of thioether (sulfide) groups is 1. The molecule has 7 nitrogen and oxygen atoms in total. The van der Waals surface area contributed by atoms with Crippen LogP contribution in [0.15, 0.2) is 104 Å². The highest BCUT2D eigenvalue weighted by molar-refractivity contribution is 8.01. The van der Waals surface area contributed by atoms with Gasteiger partial charge in [0.05, 0.1) is 17.5 Å². The minimum atomic E-state index is -0.507. The van der Waals surface area contributed by atoms with Crippen LogP contribution in [0, 0.1) is 0 Å². The van der Waals surface area contributed by atoms with Crippen molar-refractivity contribution in [1.82, 2.24) is 20.7 Å². The third kappa shape index (κ3) is 6.84. The van der Waals surface area contributed by atoms with Gasteiger partial charge in [0.15, 0.2) is 0 Å². The molecular weight excluding hydrogens is 532 g/mol. The summed E-state index contributed by atoms with van der Waals surface area (Å²) >= 11 is 1.85. The molecule has 3 aromatic rings. The maximum atomic E-state index is 13.2. The highest BCUT2D eigenvalue weighted by atomic mass is 32.2. The van der Waals surface area contributed by atoms with Crippen molar-refractivity contribution in [3.63, 3.8) is 0 Å². The van der Waals surface area contributed by atoms with Crippen LogP contribution in [0.3, 0.4) is 0 Å². The van der Waals surface area contributed by atoms with E-state index < -0.39 is 10.8 Å². The second kappa shape index (κ2) is 13.9. The van der Waals surface area contributed by atoms with Gasteiger partial charge in [-0.05, 0) is 36.0 Å². The van der Waals surface area contributed by atoms with Gasteiger partial charge in [-0.3, -0.25) is 20.4 Å². The van der Waals surface area contributed by atoms with Crippen molar-refractivity contribution in [2.75, 3.05) is 32.8 Å². The molecule has 2 unspecified atom stereocenters. The summed E-state index contributed by atoms with van der Waals surface area (Å²) in [5, 5.41) is 5.37. The van der Waals surface area contributed by atoms with Crippen LogP contribution in [0.4, 0.5) is 4.79 Å². The molecule has 2 aliphatic heterocycles. The van der Waals surface area contributed by atoms with Crippen LogP contribution in [0.5, 0.6) is 0 Å². The zero-order chi connectivity index (χ0) is 28.5. The van der Waals surface area contributed by atoms with Gasteiger partial charge >= 0.3 is 6.09 Å². The van der Waals surface area contributed by atoms with Gasteiger partial charge in [-0.2, -0.15) is 0 Å². The zero-order valence-electron chi connectivity index (χ0n) is 23.3. The van der Waals surface area contributed by atoms with Gasteiger partial charge in [0.2, 0.25) is 5.91 Å². The number of hydrogen-bond donors (Lipinski definition) is 2. The van der Waals surface area contributed by atoms with E-state index in [-0.39, 0.29) is 30.5 Å². The van der Waals surface area contributed by atoms with Crippen molar-refractivity contribution in [2.45, 2.75) is 35.4 Å². The summed E-state index contributed by atoms with van der Waals surface area (Å²) in [7, 11) is 0. The lowest BCUT2D eigenvalue weighted by molar-refractivity contribution is -0.124. The Kier molecular flexibility index (Phi) is 9.77. The predicted molar refractivity (Wildman–Crippen MR) is 164 cm³/mol. The molecule has 2 atom stereocenters. The Hall–Kier alpha value is -3.59. The number of nitrogens with zero attached hydrogens (tertiary/aromatic N) is 2. The molecule has 2 N–H and O–H groups in total. The molecule has 0 bridgehead atoms. The number of hydrazine groups is 1. The van der Waals surface area contributed by atoms with Crippen molar-refractivity contribution >= 4 is 23.8 Å². The Balaban J connectivity index is 1.43. The van der Waals surface area contributed by atoms with Crippen LogP contribution in [0.2, 0.25) is 0 Å². The first-order chi connectivity index (χ1) is 20.1. The molecule has 2 fully saturated rings. The molecule has 2 amide bonds. The van der Waals surface area contributed by atoms with Crippen LogP contribution in [-0.2, 0) is 14.3 Å². The highest BCUT2D eigenvalue weighted by Gasteiger charge is 2.44. The van der Waals surface area contributed by atoms with Gasteiger partial charge in [0.1, 0.15) is 6.61 Å². The Morgan fingerprint density at radius 3 is 1.95 bits per heavy atom. The molecular formula is C33H38N4O3S. The van der Waals surface area contributed by atoms with E-state index in [9.17, 15) is 9.59 Å². The first-order valence-corrected chi connectivity index (χ1v) is 15.1. The topological polar surface area (TPSA) is 73.9 Å². The van der Waals surface area contributed by atoms with Crippen LogP contribution >= 0.6 is 11.8 Å². The Bertz CT molecular complexity index is 1190. The number of ether oxygens (including phenoxy) is 1. The van der Waals surface area contributed by atoms with E-state index in [0.29, 0.717) is 13.0 Å². The van der Waals surface area contributed by atoms with Crippen LogP contribution in [0.1, 0.15) is 36.0 Å². The smallest absolute Gasteiger partial charge is 0.411 e. The second-order valence-electron chi connectivity index (χ2n) is 10.4. The fourth-order valence-electron chi connectivity index (χ4n) is 5.72. The van der Waals surface area contributed by atoms with E-state index in [1.807, 2.05) is 35.0 Å². The average molecular weight is 571 g/mol. The SMILES string of the molecule is C=CCOC(=O)N1CC(SC(c2ccccc2)(c2ccccc2)c2ccccc2)CC1NCC(=O)NN1CCCC1. The molecule has 3 aromatic carbocycles. The van der Waals surface area contributed by atoms with E-state index >= 15 is 0 Å². The first-order valence-electron chi connectivity index (χ1n) is 14.3. The van der Waals surface area contributed by atoms with Crippen molar-refractivity contribution in [3.05, 3.63) is 120 Å². The van der Waals surface area contributed by atoms with Crippen LogP contribution in [-0.4, -0.2) is 66.1 Å². The van der Waals surface area contributed by atoms with E-state index in [2.05, 4.69) is 90.1 Å². The second-order valence-corrected chi connectivity index (χ2v) is 11.9. The van der Waals surface area contributed by atoms with Crippen molar-refractivity contribution in [2.24, 2.45) is 0 Å². The van der Waals surface area contributed by atoms with Crippen molar-refractivity contribution in [3.8, 4) is 0 Å². The molecule has 0 spiro atoms. The lowest BCUT2D eigenvalue weighted by Crippen LogP contribution is -2.50. The summed E-state index contributed by atoms with van der Waals surface area (Å²) in [6.45, 7) is 6.16. The minimum Gasteiger partial charge on any atom is -0.445 e. The molecule has 5 rings (SSSR count). The number of benzene rings is 3. The highest BCUT2D eigenvalue weighted by Crippen LogP contribution is 2.52. The predicted octanol–water partition coefficient (Wildman–Crippen LogP) is 5.15.